The van der Waals surface area contributed by atoms with Crippen molar-refractivity contribution in [3.8, 4) is 11.1 Å². The van der Waals surface area contributed by atoms with Crippen LogP contribution in [0.25, 0.3) is 11.1 Å². The van der Waals surface area contributed by atoms with E-state index in [9.17, 15) is 18.0 Å². The van der Waals surface area contributed by atoms with E-state index >= 15 is 0 Å². The molecule has 1 aromatic carbocycles. The maximum absolute atomic E-state index is 12.0. The predicted molar refractivity (Wildman–Crippen MR) is 74.0 cm³/mol. The minimum Gasteiger partial charge on any atom is -0.313 e. The summed E-state index contributed by atoms with van der Waals surface area (Å²) >= 11 is 0. The number of H-pyrrole nitrogens is 2. The fourth-order valence-corrected chi connectivity index (χ4v) is 2.61. The SMILES string of the molecule is CN(C)S(=O)(=O)c1cccc(-c2c[nH]c(=O)[nH]c2=O)c1. The van der Waals surface area contributed by atoms with Gasteiger partial charge < -0.3 is 4.98 Å². The normalized spacial score (nSPS) is 11.8. The third-order valence-corrected chi connectivity index (χ3v) is 4.55. The predicted octanol–water partition coefficient (Wildman–Crippen LogP) is -0.0195. The highest BCUT2D eigenvalue weighted by atomic mass is 32.2. The molecule has 1 aromatic heterocycles. The number of hydrogen-bond donors (Lipinski definition) is 2. The Kier molecular flexibility index (Phi) is 3.60. The number of sulfonamides is 1. The molecule has 0 unspecified atom stereocenters. The lowest BCUT2D eigenvalue weighted by Gasteiger charge is -2.12. The third kappa shape index (κ3) is 2.56. The molecule has 0 fully saturated rings. The summed E-state index contributed by atoms with van der Waals surface area (Å²) in [6.45, 7) is 0. The number of rotatable bonds is 3. The topological polar surface area (TPSA) is 103 Å². The van der Waals surface area contributed by atoms with E-state index in [2.05, 4.69) is 9.97 Å². The standard InChI is InChI=1S/C12H13N3O4S/c1-15(2)20(18,19)9-5-3-4-8(6-9)10-7-13-12(17)14-11(10)16/h3-7H,1-2H3,(H2,13,14,16,17). The van der Waals surface area contributed by atoms with Crippen LogP contribution in [0, 0.1) is 0 Å². The van der Waals surface area contributed by atoms with Crippen molar-refractivity contribution in [3.63, 3.8) is 0 Å². The van der Waals surface area contributed by atoms with E-state index < -0.39 is 21.3 Å². The van der Waals surface area contributed by atoms with Crippen LogP contribution in [0.2, 0.25) is 0 Å². The average molecular weight is 295 g/mol. The first kappa shape index (κ1) is 14.2. The summed E-state index contributed by atoms with van der Waals surface area (Å²) in [6, 6.07) is 5.96. The monoisotopic (exact) mass is 295 g/mol. The first-order valence-corrected chi connectivity index (χ1v) is 7.11. The van der Waals surface area contributed by atoms with Gasteiger partial charge in [-0.15, -0.1) is 0 Å². The van der Waals surface area contributed by atoms with Crippen molar-refractivity contribution in [1.29, 1.82) is 0 Å². The van der Waals surface area contributed by atoms with Crippen LogP contribution in [0.5, 0.6) is 0 Å². The van der Waals surface area contributed by atoms with Gasteiger partial charge in [0.1, 0.15) is 0 Å². The minimum atomic E-state index is -3.58. The summed E-state index contributed by atoms with van der Waals surface area (Å²) in [4.78, 5) is 27.2. The molecule has 0 saturated heterocycles. The van der Waals surface area contributed by atoms with Crippen LogP contribution < -0.4 is 11.2 Å². The van der Waals surface area contributed by atoms with Gasteiger partial charge in [0.15, 0.2) is 0 Å². The van der Waals surface area contributed by atoms with E-state index in [0.29, 0.717) is 5.56 Å². The molecule has 0 radical (unpaired) electrons. The van der Waals surface area contributed by atoms with E-state index in [1.807, 2.05) is 0 Å². The maximum atomic E-state index is 12.0. The van der Waals surface area contributed by atoms with Gasteiger partial charge in [-0.3, -0.25) is 9.78 Å². The van der Waals surface area contributed by atoms with Crippen molar-refractivity contribution in [2.45, 2.75) is 4.90 Å². The van der Waals surface area contributed by atoms with Crippen molar-refractivity contribution in [2.24, 2.45) is 0 Å². The molecule has 2 rings (SSSR count). The largest absolute Gasteiger partial charge is 0.325 e. The minimum absolute atomic E-state index is 0.0746. The van der Waals surface area contributed by atoms with Gasteiger partial charge in [0.2, 0.25) is 10.0 Å². The molecule has 7 nitrogen and oxygen atoms in total. The smallest absolute Gasteiger partial charge is 0.313 e. The zero-order chi connectivity index (χ0) is 14.9. The third-order valence-electron chi connectivity index (χ3n) is 2.74. The molecule has 0 aliphatic carbocycles. The van der Waals surface area contributed by atoms with E-state index in [4.69, 9.17) is 0 Å². The Morgan fingerprint density at radius 3 is 2.45 bits per heavy atom. The van der Waals surface area contributed by atoms with Crippen LogP contribution in [-0.2, 0) is 10.0 Å². The molecule has 1 heterocycles. The number of nitrogens with zero attached hydrogens (tertiary/aromatic N) is 1. The number of nitrogens with one attached hydrogen (secondary N) is 2. The highest BCUT2D eigenvalue weighted by Gasteiger charge is 2.18. The molecule has 106 valence electrons. The number of aromatic amines is 2. The summed E-state index contributed by atoms with van der Waals surface area (Å²) in [5.41, 5.74) is -0.588. The van der Waals surface area contributed by atoms with Gasteiger partial charge in [-0.05, 0) is 17.7 Å². The highest BCUT2D eigenvalue weighted by molar-refractivity contribution is 7.89. The zero-order valence-corrected chi connectivity index (χ0v) is 11.7. The molecule has 0 aliphatic heterocycles. The van der Waals surface area contributed by atoms with Gasteiger partial charge in [-0.1, -0.05) is 12.1 Å². The molecule has 8 heteroatoms. The molecule has 0 saturated carbocycles. The Balaban J connectivity index is 2.62. The number of hydrogen-bond acceptors (Lipinski definition) is 4. The second-order valence-electron chi connectivity index (χ2n) is 4.30. The first-order valence-electron chi connectivity index (χ1n) is 5.67. The van der Waals surface area contributed by atoms with Crippen LogP contribution in [0.1, 0.15) is 0 Å². The average Bonchev–Trinajstić information content (AvgIpc) is 2.38. The van der Waals surface area contributed by atoms with Crippen molar-refractivity contribution < 1.29 is 8.42 Å². The Morgan fingerprint density at radius 2 is 1.85 bits per heavy atom. The van der Waals surface area contributed by atoms with Crippen molar-refractivity contribution >= 4 is 10.0 Å². The second-order valence-corrected chi connectivity index (χ2v) is 6.45. The lowest BCUT2D eigenvalue weighted by atomic mass is 10.1. The van der Waals surface area contributed by atoms with Crippen LogP contribution in [-0.4, -0.2) is 36.8 Å². The van der Waals surface area contributed by atoms with Gasteiger partial charge in [0, 0.05) is 20.3 Å². The number of benzene rings is 1. The summed E-state index contributed by atoms with van der Waals surface area (Å²) in [6.07, 6.45) is 1.25. The fraction of sp³-hybridized carbons (Fsp3) is 0.167. The fourth-order valence-electron chi connectivity index (χ4n) is 1.66. The first-order chi connectivity index (χ1) is 9.32. The number of aromatic nitrogens is 2. The van der Waals surface area contributed by atoms with E-state index in [-0.39, 0.29) is 10.5 Å². The Hall–Kier alpha value is -2.19. The molecular weight excluding hydrogens is 282 g/mol. The Labute approximate surface area is 115 Å². The molecule has 0 atom stereocenters. The summed E-state index contributed by atoms with van der Waals surface area (Å²) in [5.74, 6) is 0. The van der Waals surface area contributed by atoms with Crippen molar-refractivity contribution in [1.82, 2.24) is 14.3 Å². The summed E-state index contributed by atoms with van der Waals surface area (Å²) in [7, 11) is -0.728. The van der Waals surface area contributed by atoms with Gasteiger partial charge in [-0.25, -0.2) is 17.5 Å². The second kappa shape index (κ2) is 5.06. The lowest BCUT2D eigenvalue weighted by Crippen LogP contribution is -2.23. The molecular formula is C12H13N3O4S. The van der Waals surface area contributed by atoms with Gasteiger partial charge >= 0.3 is 5.69 Å². The molecule has 20 heavy (non-hydrogen) atoms. The molecule has 0 bridgehead atoms. The maximum Gasteiger partial charge on any atom is 0.325 e. The molecule has 0 amide bonds. The van der Waals surface area contributed by atoms with Crippen LogP contribution in [0.15, 0.2) is 44.9 Å². The van der Waals surface area contributed by atoms with Crippen molar-refractivity contribution in [2.75, 3.05) is 14.1 Å². The van der Waals surface area contributed by atoms with Crippen LogP contribution >= 0.6 is 0 Å². The van der Waals surface area contributed by atoms with Gasteiger partial charge in [0.25, 0.3) is 5.56 Å². The van der Waals surface area contributed by atoms with E-state index in [1.165, 1.54) is 38.5 Å². The van der Waals surface area contributed by atoms with Crippen molar-refractivity contribution in [3.05, 3.63) is 51.3 Å². The van der Waals surface area contributed by atoms with E-state index in [0.717, 1.165) is 4.31 Å². The highest BCUT2D eigenvalue weighted by Crippen LogP contribution is 2.20. The molecule has 2 aromatic rings. The summed E-state index contributed by atoms with van der Waals surface area (Å²) in [5, 5.41) is 0. The Morgan fingerprint density at radius 1 is 1.15 bits per heavy atom. The van der Waals surface area contributed by atoms with E-state index in [1.54, 1.807) is 6.07 Å². The lowest BCUT2D eigenvalue weighted by molar-refractivity contribution is 0.521. The molecule has 0 spiro atoms. The van der Waals surface area contributed by atoms with Gasteiger partial charge in [-0.2, -0.15) is 0 Å². The summed E-state index contributed by atoms with van der Waals surface area (Å²) < 4.78 is 25.2. The molecule has 2 N–H and O–H groups in total. The van der Waals surface area contributed by atoms with Crippen LogP contribution in [0.3, 0.4) is 0 Å². The Bertz CT molecular complexity index is 849. The quantitative estimate of drug-likeness (QED) is 0.830. The molecule has 0 aliphatic rings. The van der Waals surface area contributed by atoms with Gasteiger partial charge in [0.05, 0.1) is 10.5 Å². The van der Waals surface area contributed by atoms with Crippen LogP contribution in [0.4, 0.5) is 0 Å². The zero-order valence-electron chi connectivity index (χ0n) is 10.9.